The molecule has 4 heteroatoms. The lowest BCUT2D eigenvalue weighted by molar-refractivity contribution is -0.113. The first-order valence-electron chi connectivity index (χ1n) is 7.62. The van der Waals surface area contributed by atoms with Crippen LogP contribution in [0.15, 0.2) is 4.99 Å². The third kappa shape index (κ3) is 5.53. The molecule has 0 aromatic heterocycles. The van der Waals surface area contributed by atoms with Crippen LogP contribution in [0.3, 0.4) is 0 Å². The number of carbonyl (C=O) groups excluding carboxylic acids is 2. The monoisotopic (exact) mass is 266 g/mol. The van der Waals surface area contributed by atoms with E-state index in [0.717, 1.165) is 19.3 Å². The van der Waals surface area contributed by atoms with Crippen LogP contribution in [-0.4, -0.2) is 17.6 Å². The Labute approximate surface area is 116 Å². The number of nitrogens with one attached hydrogen (secondary N) is 1. The normalized spacial score (nSPS) is 16.4. The molecule has 1 unspecified atom stereocenters. The summed E-state index contributed by atoms with van der Waals surface area (Å²) >= 11 is 0. The molecule has 0 saturated heterocycles. The van der Waals surface area contributed by atoms with E-state index in [1.165, 1.54) is 38.5 Å². The molecule has 1 aliphatic heterocycles. The van der Waals surface area contributed by atoms with Gasteiger partial charge in [-0.3, -0.25) is 10.1 Å². The predicted molar refractivity (Wildman–Crippen MR) is 77.4 cm³/mol. The number of imide groups is 1. The van der Waals surface area contributed by atoms with E-state index in [1.807, 2.05) is 6.92 Å². The molecular weight excluding hydrogens is 240 g/mol. The third-order valence-corrected chi connectivity index (χ3v) is 3.71. The molecule has 1 aliphatic rings. The number of amides is 3. The Balaban J connectivity index is 2.21. The van der Waals surface area contributed by atoms with Gasteiger partial charge in [-0.2, -0.15) is 4.99 Å². The first-order chi connectivity index (χ1) is 9.19. The summed E-state index contributed by atoms with van der Waals surface area (Å²) < 4.78 is 0. The zero-order chi connectivity index (χ0) is 14.1. The lowest BCUT2D eigenvalue weighted by atomic mass is 9.93. The molecule has 0 aliphatic carbocycles. The van der Waals surface area contributed by atoms with Crippen LogP contribution in [-0.2, 0) is 4.79 Å². The summed E-state index contributed by atoms with van der Waals surface area (Å²) in [4.78, 5) is 26.4. The molecule has 1 N–H and O–H groups in total. The number of unbranched alkanes of at least 4 members (excludes halogenated alkanes) is 6. The van der Waals surface area contributed by atoms with Gasteiger partial charge in [0.2, 0.25) is 0 Å². The summed E-state index contributed by atoms with van der Waals surface area (Å²) in [5.41, 5.74) is 0.443. The summed E-state index contributed by atoms with van der Waals surface area (Å²) in [5, 5.41) is 2.22. The highest BCUT2D eigenvalue weighted by molar-refractivity contribution is 6.46. The van der Waals surface area contributed by atoms with Gasteiger partial charge in [0.15, 0.2) is 0 Å². The summed E-state index contributed by atoms with van der Waals surface area (Å²) in [6, 6.07) is -0.502. The zero-order valence-electron chi connectivity index (χ0n) is 12.2. The van der Waals surface area contributed by atoms with Gasteiger partial charge in [0, 0.05) is 5.92 Å². The second-order valence-corrected chi connectivity index (χ2v) is 5.27. The van der Waals surface area contributed by atoms with E-state index in [9.17, 15) is 9.59 Å². The SMILES string of the molecule is CCCCCCCCCC(CC)C1=NC(=O)NC1=O. The maximum Gasteiger partial charge on any atom is 0.348 e. The van der Waals surface area contributed by atoms with E-state index in [2.05, 4.69) is 17.2 Å². The molecule has 1 rings (SSSR count). The molecule has 0 radical (unpaired) electrons. The van der Waals surface area contributed by atoms with E-state index in [1.54, 1.807) is 0 Å². The largest absolute Gasteiger partial charge is 0.348 e. The minimum absolute atomic E-state index is 0.141. The Hall–Kier alpha value is -1.19. The molecule has 0 aromatic rings. The third-order valence-electron chi connectivity index (χ3n) is 3.71. The van der Waals surface area contributed by atoms with E-state index in [-0.39, 0.29) is 11.8 Å². The van der Waals surface area contributed by atoms with Gasteiger partial charge in [-0.05, 0) is 12.8 Å². The fourth-order valence-electron chi connectivity index (χ4n) is 2.51. The maximum absolute atomic E-state index is 11.5. The molecule has 4 nitrogen and oxygen atoms in total. The molecule has 1 heterocycles. The number of hydrogen-bond donors (Lipinski definition) is 1. The Morgan fingerprint density at radius 1 is 1.00 bits per heavy atom. The van der Waals surface area contributed by atoms with E-state index in [0.29, 0.717) is 5.71 Å². The highest BCUT2D eigenvalue weighted by atomic mass is 16.2. The number of carbonyl (C=O) groups is 2. The number of urea groups is 1. The molecule has 1 atom stereocenters. The van der Waals surface area contributed by atoms with Crippen molar-refractivity contribution in [3.8, 4) is 0 Å². The summed E-state index contributed by atoms with van der Waals surface area (Å²) in [7, 11) is 0. The smallest absolute Gasteiger partial charge is 0.271 e. The number of rotatable bonds is 10. The average Bonchev–Trinajstić information content (AvgIpc) is 2.72. The highest BCUT2D eigenvalue weighted by Gasteiger charge is 2.28. The number of hydrogen-bond acceptors (Lipinski definition) is 2. The van der Waals surface area contributed by atoms with Crippen molar-refractivity contribution in [2.24, 2.45) is 10.9 Å². The van der Waals surface area contributed by atoms with Crippen LogP contribution in [0.2, 0.25) is 0 Å². The molecule has 0 spiro atoms. The standard InChI is InChI=1S/C15H26N2O2/c1-3-5-6-7-8-9-10-11-12(4-2)13-14(18)17-15(19)16-13/h12H,3-11H2,1-2H3,(H,17,18,19). The van der Waals surface area contributed by atoms with Gasteiger partial charge >= 0.3 is 6.03 Å². The molecule has 19 heavy (non-hydrogen) atoms. The lowest BCUT2D eigenvalue weighted by Gasteiger charge is -2.12. The van der Waals surface area contributed by atoms with Gasteiger partial charge < -0.3 is 0 Å². The first kappa shape index (κ1) is 15.9. The summed E-state index contributed by atoms with van der Waals surface area (Å²) in [6.07, 6.45) is 10.7. The van der Waals surface area contributed by atoms with Crippen LogP contribution >= 0.6 is 0 Å². The van der Waals surface area contributed by atoms with Crippen molar-refractivity contribution >= 4 is 17.6 Å². The fourth-order valence-corrected chi connectivity index (χ4v) is 2.51. The molecule has 0 saturated carbocycles. The van der Waals surface area contributed by atoms with Crippen molar-refractivity contribution in [2.45, 2.75) is 71.6 Å². The Kier molecular flexibility index (Phi) is 7.38. The Morgan fingerprint density at radius 2 is 1.63 bits per heavy atom. The van der Waals surface area contributed by atoms with Crippen LogP contribution in [0, 0.1) is 5.92 Å². The molecule has 0 fully saturated rings. The number of aliphatic imine (C=N–C) groups is 1. The second kappa shape index (κ2) is 8.83. The minimum Gasteiger partial charge on any atom is -0.271 e. The van der Waals surface area contributed by atoms with E-state index in [4.69, 9.17) is 0 Å². The van der Waals surface area contributed by atoms with E-state index >= 15 is 0 Å². The van der Waals surface area contributed by atoms with Crippen LogP contribution in [0.1, 0.15) is 71.6 Å². The van der Waals surface area contributed by atoms with Crippen molar-refractivity contribution < 1.29 is 9.59 Å². The second-order valence-electron chi connectivity index (χ2n) is 5.27. The van der Waals surface area contributed by atoms with Gasteiger partial charge in [-0.15, -0.1) is 0 Å². The Bertz CT molecular complexity index is 337. The van der Waals surface area contributed by atoms with Crippen LogP contribution in [0.25, 0.3) is 0 Å². The van der Waals surface area contributed by atoms with Gasteiger partial charge in [0.05, 0.1) is 0 Å². The first-order valence-corrected chi connectivity index (χ1v) is 7.62. The van der Waals surface area contributed by atoms with Crippen molar-refractivity contribution in [2.75, 3.05) is 0 Å². The van der Waals surface area contributed by atoms with Gasteiger partial charge in [-0.1, -0.05) is 58.8 Å². The summed E-state index contributed by atoms with van der Waals surface area (Å²) in [5.74, 6) is -0.151. The van der Waals surface area contributed by atoms with Gasteiger partial charge in [-0.25, -0.2) is 4.79 Å². The van der Waals surface area contributed by atoms with Crippen LogP contribution in [0.4, 0.5) is 4.79 Å². The zero-order valence-corrected chi connectivity index (χ0v) is 12.2. The minimum atomic E-state index is -0.502. The van der Waals surface area contributed by atoms with Gasteiger partial charge in [0.1, 0.15) is 5.71 Å². The summed E-state index contributed by atoms with van der Waals surface area (Å²) in [6.45, 7) is 4.27. The molecular formula is C15H26N2O2. The van der Waals surface area contributed by atoms with Crippen molar-refractivity contribution in [3.05, 3.63) is 0 Å². The fraction of sp³-hybridized carbons (Fsp3) is 0.800. The van der Waals surface area contributed by atoms with Crippen molar-refractivity contribution in [1.29, 1.82) is 0 Å². The quantitative estimate of drug-likeness (QED) is 0.611. The average molecular weight is 266 g/mol. The molecule has 108 valence electrons. The van der Waals surface area contributed by atoms with E-state index < -0.39 is 6.03 Å². The molecule has 0 aromatic carbocycles. The van der Waals surface area contributed by atoms with Crippen LogP contribution < -0.4 is 5.32 Å². The molecule has 0 bridgehead atoms. The van der Waals surface area contributed by atoms with Crippen molar-refractivity contribution in [3.63, 3.8) is 0 Å². The lowest BCUT2D eigenvalue weighted by Crippen LogP contribution is -2.29. The van der Waals surface area contributed by atoms with Crippen molar-refractivity contribution in [1.82, 2.24) is 5.32 Å². The van der Waals surface area contributed by atoms with Crippen LogP contribution in [0.5, 0.6) is 0 Å². The maximum atomic E-state index is 11.5. The Morgan fingerprint density at radius 3 is 2.16 bits per heavy atom. The molecule has 3 amide bonds. The highest BCUT2D eigenvalue weighted by Crippen LogP contribution is 2.19. The number of nitrogens with zero attached hydrogens (tertiary/aromatic N) is 1. The predicted octanol–water partition coefficient (Wildman–Crippen LogP) is 3.84. The topological polar surface area (TPSA) is 58.5 Å². The van der Waals surface area contributed by atoms with Gasteiger partial charge in [0.25, 0.3) is 5.91 Å².